The number of hydrogen-bond acceptors (Lipinski definition) is 2. The van der Waals surface area contributed by atoms with Gasteiger partial charge in [0.25, 0.3) is 0 Å². The van der Waals surface area contributed by atoms with Crippen molar-refractivity contribution in [3.05, 3.63) is 29.8 Å². The summed E-state index contributed by atoms with van der Waals surface area (Å²) in [4.78, 5) is 1.30. The lowest BCUT2D eigenvalue weighted by atomic mass is 9.77. The molecule has 1 nitrogen and oxygen atoms in total. The molecule has 0 bridgehead atoms. The maximum absolute atomic E-state index is 8.76. The third-order valence-corrected chi connectivity index (χ3v) is 4.73. The summed E-state index contributed by atoms with van der Waals surface area (Å²) in [6.07, 6.45) is 5.34. The van der Waals surface area contributed by atoms with Crippen molar-refractivity contribution in [2.24, 2.45) is 5.41 Å². The molecule has 1 aromatic carbocycles. The average molecular weight is 245 g/mol. The topological polar surface area (TPSA) is 23.8 Å². The minimum absolute atomic E-state index is 0.502. The van der Waals surface area contributed by atoms with Gasteiger partial charge in [-0.1, -0.05) is 20.3 Å². The van der Waals surface area contributed by atoms with Crippen LogP contribution in [0.2, 0.25) is 0 Å². The van der Waals surface area contributed by atoms with Gasteiger partial charge in [-0.25, -0.2) is 0 Å². The van der Waals surface area contributed by atoms with E-state index in [1.165, 1.54) is 30.6 Å². The summed E-state index contributed by atoms with van der Waals surface area (Å²) >= 11 is 1.98. The van der Waals surface area contributed by atoms with Crippen molar-refractivity contribution >= 4 is 11.8 Å². The van der Waals surface area contributed by atoms with E-state index in [4.69, 9.17) is 5.26 Å². The lowest BCUT2D eigenvalue weighted by Crippen LogP contribution is -2.24. The lowest BCUT2D eigenvalue weighted by molar-refractivity contribution is 0.251. The number of thioether (sulfide) groups is 1. The number of benzene rings is 1. The van der Waals surface area contributed by atoms with Crippen LogP contribution in [0.4, 0.5) is 0 Å². The second-order valence-corrected chi connectivity index (χ2v) is 7.01. The van der Waals surface area contributed by atoms with Gasteiger partial charge in [0.05, 0.1) is 11.6 Å². The van der Waals surface area contributed by atoms with Crippen molar-refractivity contribution < 1.29 is 0 Å². The van der Waals surface area contributed by atoms with Crippen molar-refractivity contribution in [2.45, 2.75) is 49.7 Å². The van der Waals surface area contributed by atoms with E-state index in [-0.39, 0.29) is 0 Å². The van der Waals surface area contributed by atoms with Gasteiger partial charge in [-0.3, -0.25) is 0 Å². The summed E-state index contributed by atoms with van der Waals surface area (Å²) in [7, 11) is 0. The molecule has 2 heteroatoms. The molecule has 0 aliphatic heterocycles. The van der Waals surface area contributed by atoms with Gasteiger partial charge in [-0.05, 0) is 48.9 Å². The van der Waals surface area contributed by atoms with Gasteiger partial charge < -0.3 is 0 Å². The zero-order valence-electron chi connectivity index (χ0n) is 10.6. The van der Waals surface area contributed by atoms with Gasteiger partial charge in [0.1, 0.15) is 0 Å². The monoisotopic (exact) mass is 245 g/mol. The molecule has 17 heavy (non-hydrogen) atoms. The predicted octanol–water partition coefficient (Wildman–Crippen LogP) is 4.62. The second-order valence-electron chi connectivity index (χ2n) is 5.64. The molecule has 0 unspecified atom stereocenters. The molecular weight excluding hydrogens is 226 g/mol. The van der Waals surface area contributed by atoms with Crippen molar-refractivity contribution in [2.75, 3.05) is 0 Å². The fourth-order valence-corrected chi connectivity index (χ4v) is 4.03. The smallest absolute Gasteiger partial charge is 0.0991 e. The minimum Gasteiger partial charge on any atom is -0.192 e. The van der Waals surface area contributed by atoms with Crippen molar-refractivity contribution in [3.63, 3.8) is 0 Å². The molecule has 1 fully saturated rings. The summed E-state index contributed by atoms with van der Waals surface area (Å²) in [5.41, 5.74) is 1.25. The Morgan fingerprint density at radius 1 is 1.29 bits per heavy atom. The highest BCUT2D eigenvalue weighted by Gasteiger charge is 2.28. The molecule has 0 spiro atoms. The van der Waals surface area contributed by atoms with Crippen molar-refractivity contribution in [1.82, 2.24) is 0 Å². The first-order valence-electron chi connectivity index (χ1n) is 6.26. The van der Waals surface area contributed by atoms with E-state index in [1.807, 2.05) is 23.9 Å². The van der Waals surface area contributed by atoms with Gasteiger partial charge in [-0.15, -0.1) is 11.8 Å². The van der Waals surface area contributed by atoms with Gasteiger partial charge in [0, 0.05) is 10.1 Å². The SMILES string of the molecule is CC1(C)CCC[C@H](Sc2ccc(C#N)cc2)C1. The normalized spacial score (nSPS) is 23.0. The first-order chi connectivity index (χ1) is 8.09. The van der Waals surface area contributed by atoms with E-state index in [0.29, 0.717) is 5.41 Å². The molecule has 0 aromatic heterocycles. The third-order valence-electron chi connectivity index (χ3n) is 3.45. The highest BCUT2D eigenvalue weighted by Crippen LogP contribution is 2.42. The summed E-state index contributed by atoms with van der Waals surface area (Å²) in [6, 6.07) is 10.1. The summed E-state index contributed by atoms with van der Waals surface area (Å²) in [6.45, 7) is 4.75. The van der Waals surface area contributed by atoms with Crippen LogP contribution in [0, 0.1) is 16.7 Å². The van der Waals surface area contributed by atoms with Crippen molar-refractivity contribution in [3.8, 4) is 6.07 Å². The highest BCUT2D eigenvalue weighted by atomic mass is 32.2. The molecule has 1 saturated carbocycles. The highest BCUT2D eigenvalue weighted by molar-refractivity contribution is 8.00. The van der Waals surface area contributed by atoms with Crippen molar-refractivity contribution in [1.29, 1.82) is 5.26 Å². The van der Waals surface area contributed by atoms with Crippen LogP contribution in [0.1, 0.15) is 45.1 Å². The van der Waals surface area contributed by atoms with E-state index in [1.54, 1.807) is 0 Å². The Labute approximate surface area is 108 Å². The fraction of sp³-hybridized carbons (Fsp3) is 0.533. The number of nitrogens with zero attached hydrogens (tertiary/aromatic N) is 1. The van der Waals surface area contributed by atoms with Gasteiger partial charge in [0.2, 0.25) is 0 Å². The zero-order chi connectivity index (χ0) is 12.3. The maximum atomic E-state index is 8.76. The van der Waals surface area contributed by atoms with Crippen LogP contribution in [-0.2, 0) is 0 Å². The van der Waals surface area contributed by atoms with Crippen LogP contribution in [-0.4, -0.2) is 5.25 Å². The predicted molar refractivity (Wildman–Crippen MR) is 73.1 cm³/mol. The first-order valence-corrected chi connectivity index (χ1v) is 7.14. The summed E-state index contributed by atoms with van der Waals surface area (Å²) in [5.74, 6) is 0. The molecule has 0 N–H and O–H groups in total. The molecule has 0 radical (unpaired) electrons. The van der Waals surface area contributed by atoms with Crippen LogP contribution < -0.4 is 0 Å². The lowest BCUT2D eigenvalue weighted by Gasteiger charge is -2.34. The Bertz CT molecular complexity index is 414. The van der Waals surface area contributed by atoms with Crippen LogP contribution >= 0.6 is 11.8 Å². The Balaban J connectivity index is 1.98. The van der Waals surface area contributed by atoms with E-state index >= 15 is 0 Å². The Morgan fingerprint density at radius 2 is 2.00 bits per heavy atom. The first kappa shape index (κ1) is 12.5. The molecule has 0 saturated heterocycles. The Kier molecular flexibility index (Phi) is 3.79. The number of nitriles is 1. The molecule has 1 aromatic rings. The Hall–Kier alpha value is -0.940. The molecule has 1 aliphatic carbocycles. The molecule has 0 heterocycles. The van der Waals surface area contributed by atoms with Crippen LogP contribution in [0.5, 0.6) is 0 Å². The maximum Gasteiger partial charge on any atom is 0.0991 e. The quantitative estimate of drug-likeness (QED) is 0.759. The largest absolute Gasteiger partial charge is 0.192 e. The molecule has 2 rings (SSSR count). The van der Waals surface area contributed by atoms with E-state index in [0.717, 1.165) is 10.8 Å². The van der Waals surface area contributed by atoms with Gasteiger partial charge >= 0.3 is 0 Å². The Morgan fingerprint density at radius 3 is 2.59 bits per heavy atom. The molecule has 0 amide bonds. The van der Waals surface area contributed by atoms with Crippen LogP contribution in [0.3, 0.4) is 0 Å². The molecule has 1 atom stereocenters. The molecular formula is C15H19NS. The molecule has 1 aliphatic rings. The number of hydrogen-bond donors (Lipinski definition) is 0. The van der Waals surface area contributed by atoms with Crippen LogP contribution in [0.25, 0.3) is 0 Å². The summed E-state index contributed by atoms with van der Waals surface area (Å²) in [5, 5.41) is 9.50. The van der Waals surface area contributed by atoms with E-state index in [9.17, 15) is 0 Å². The third kappa shape index (κ3) is 3.51. The second kappa shape index (κ2) is 5.14. The van der Waals surface area contributed by atoms with Crippen LogP contribution in [0.15, 0.2) is 29.2 Å². The average Bonchev–Trinajstić information content (AvgIpc) is 2.29. The van der Waals surface area contributed by atoms with E-state index in [2.05, 4.69) is 32.0 Å². The fourth-order valence-electron chi connectivity index (χ4n) is 2.53. The standard InChI is InChI=1S/C15H19NS/c1-15(2)9-3-4-14(10-15)17-13-7-5-12(11-16)6-8-13/h5-8,14H,3-4,9-10H2,1-2H3/t14-/m0/s1. The van der Waals surface area contributed by atoms with Gasteiger partial charge in [0.15, 0.2) is 0 Å². The minimum atomic E-state index is 0.502. The zero-order valence-corrected chi connectivity index (χ0v) is 11.4. The molecule has 90 valence electrons. The van der Waals surface area contributed by atoms with Gasteiger partial charge in [-0.2, -0.15) is 5.26 Å². The number of rotatable bonds is 2. The summed E-state index contributed by atoms with van der Waals surface area (Å²) < 4.78 is 0. The van der Waals surface area contributed by atoms with E-state index < -0.39 is 0 Å².